The number of unbranched alkanes of at least 4 members (excludes halogenated alkanes) is 1. The molecule has 0 aromatic heterocycles. The van der Waals surface area contributed by atoms with Crippen molar-refractivity contribution in [2.75, 3.05) is 13.1 Å². The highest BCUT2D eigenvalue weighted by Crippen LogP contribution is 2.23. The van der Waals surface area contributed by atoms with Crippen molar-refractivity contribution in [1.82, 2.24) is 4.90 Å². The zero-order valence-corrected chi connectivity index (χ0v) is 10.8. The van der Waals surface area contributed by atoms with Crippen LogP contribution in [0.5, 0.6) is 0 Å². The van der Waals surface area contributed by atoms with Gasteiger partial charge in [0.15, 0.2) is 0 Å². The van der Waals surface area contributed by atoms with Crippen LogP contribution in [-0.4, -0.2) is 18.0 Å². The summed E-state index contributed by atoms with van der Waals surface area (Å²) in [6.45, 7) is 5.40. The molecule has 0 N–H and O–H groups in total. The maximum atomic E-state index is 13.7. The molecule has 1 atom stereocenters. The minimum atomic E-state index is -0.656. The zero-order chi connectivity index (χ0) is 13.5. The highest BCUT2D eigenvalue weighted by atomic mass is 19.1. The molecule has 1 unspecified atom stereocenters. The highest BCUT2D eigenvalue weighted by molar-refractivity contribution is 5.26. The Morgan fingerprint density at radius 2 is 2.06 bits per heavy atom. The van der Waals surface area contributed by atoms with Crippen molar-refractivity contribution < 1.29 is 8.78 Å². The minimum absolute atomic E-state index is 0.247. The monoisotopic (exact) mass is 252 g/mol. The molecule has 0 spiro atoms. The van der Waals surface area contributed by atoms with E-state index in [9.17, 15) is 14.0 Å². The Hall–Kier alpha value is -1.47. The number of nitriles is 1. The lowest BCUT2D eigenvalue weighted by Gasteiger charge is -2.26. The SMILES string of the molecule is CCCCN(CC)C(C#N)c1ccc(F)cc1F. The molecule has 0 heterocycles. The van der Waals surface area contributed by atoms with E-state index in [1.54, 1.807) is 0 Å². The van der Waals surface area contributed by atoms with Crippen LogP contribution in [0.2, 0.25) is 0 Å². The van der Waals surface area contributed by atoms with Gasteiger partial charge in [-0.05, 0) is 25.6 Å². The van der Waals surface area contributed by atoms with Gasteiger partial charge in [0.2, 0.25) is 0 Å². The van der Waals surface area contributed by atoms with Gasteiger partial charge in [0.1, 0.15) is 17.7 Å². The maximum Gasteiger partial charge on any atom is 0.131 e. The Bertz CT molecular complexity index is 426. The first kappa shape index (κ1) is 14.6. The summed E-state index contributed by atoms with van der Waals surface area (Å²) in [5, 5.41) is 9.22. The van der Waals surface area contributed by atoms with Crippen molar-refractivity contribution in [1.29, 1.82) is 5.26 Å². The van der Waals surface area contributed by atoms with E-state index in [0.717, 1.165) is 25.5 Å². The smallest absolute Gasteiger partial charge is 0.131 e. The first-order chi connectivity index (χ1) is 8.63. The Kier molecular flexibility index (Phi) is 5.73. The second-order valence-corrected chi connectivity index (χ2v) is 4.18. The van der Waals surface area contributed by atoms with Gasteiger partial charge in [0.05, 0.1) is 6.07 Å². The van der Waals surface area contributed by atoms with Crippen molar-refractivity contribution >= 4 is 0 Å². The van der Waals surface area contributed by atoms with E-state index in [1.165, 1.54) is 12.1 Å². The van der Waals surface area contributed by atoms with Crippen LogP contribution in [-0.2, 0) is 0 Å². The first-order valence-corrected chi connectivity index (χ1v) is 6.22. The molecule has 1 aromatic carbocycles. The van der Waals surface area contributed by atoms with Crippen LogP contribution in [0.25, 0.3) is 0 Å². The summed E-state index contributed by atoms with van der Waals surface area (Å²) in [5.74, 6) is -1.28. The molecule has 4 heteroatoms. The first-order valence-electron chi connectivity index (χ1n) is 6.22. The number of hydrogen-bond acceptors (Lipinski definition) is 2. The molecule has 1 rings (SSSR count). The topological polar surface area (TPSA) is 27.0 Å². The van der Waals surface area contributed by atoms with Crippen molar-refractivity contribution in [2.45, 2.75) is 32.7 Å². The molecule has 0 saturated heterocycles. The second-order valence-electron chi connectivity index (χ2n) is 4.18. The summed E-state index contributed by atoms with van der Waals surface area (Å²) < 4.78 is 26.6. The lowest BCUT2D eigenvalue weighted by Crippen LogP contribution is -2.29. The molecule has 2 nitrogen and oxygen atoms in total. The van der Waals surface area contributed by atoms with E-state index in [-0.39, 0.29) is 5.56 Å². The van der Waals surface area contributed by atoms with Gasteiger partial charge >= 0.3 is 0 Å². The lowest BCUT2D eigenvalue weighted by molar-refractivity contribution is 0.240. The van der Waals surface area contributed by atoms with Crippen LogP contribution in [0.4, 0.5) is 8.78 Å². The van der Waals surface area contributed by atoms with E-state index in [2.05, 4.69) is 13.0 Å². The number of benzene rings is 1. The molecule has 0 aliphatic carbocycles. The summed E-state index contributed by atoms with van der Waals surface area (Å²) in [6.07, 6.45) is 1.97. The fourth-order valence-corrected chi connectivity index (χ4v) is 1.90. The third-order valence-corrected chi connectivity index (χ3v) is 2.95. The van der Waals surface area contributed by atoms with Gasteiger partial charge in [-0.15, -0.1) is 0 Å². The molecular weight excluding hydrogens is 234 g/mol. The molecular formula is C14H18F2N2. The number of hydrogen-bond donors (Lipinski definition) is 0. The molecule has 0 aliphatic rings. The second kappa shape index (κ2) is 7.07. The number of rotatable bonds is 6. The van der Waals surface area contributed by atoms with Crippen LogP contribution >= 0.6 is 0 Å². The quantitative estimate of drug-likeness (QED) is 0.772. The average molecular weight is 252 g/mol. The normalized spacial score (nSPS) is 12.4. The largest absolute Gasteiger partial charge is 0.285 e. The van der Waals surface area contributed by atoms with Crippen molar-refractivity contribution in [3.63, 3.8) is 0 Å². The predicted octanol–water partition coefficient (Wildman–Crippen LogP) is 3.65. The zero-order valence-electron chi connectivity index (χ0n) is 10.8. The fourth-order valence-electron chi connectivity index (χ4n) is 1.90. The molecule has 0 amide bonds. The molecule has 0 bridgehead atoms. The molecule has 0 aliphatic heterocycles. The summed E-state index contributed by atoms with van der Waals surface area (Å²) in [7, 11) is 0. The molecule has 0 saturated carbocycles. The third-order valence-electron chi connectivity index (χ3n) is 2.95. The van der Waals surface area contributed by atoms with Gasteiger partial charge in [-0.3, -0.25) is 4.90 Å². The minimum Gasteiger partial charge on any atom is -0.285 e. The molecule has 0 radical (unpaired) electrons. The maximum absolute atomic E-state index is 13.7. The standard InChI is InChI=1S/C14H18F2N2/c1-3-5-8-18(4-2)14(10-17)12-7-6-11(15)9-13(12)16/h6-7,9,14H,3-5,8H2,1-2H3. The third kappa shape index (κ3) is 3.51. The van der Waals surface area contributed by atoms with Crippen molar-refractivity contribution in [3.05, 3.63) is 35.4 Å². The molecule has 18 heavy (non-hydrogen) atoms. The molecule has 98 valence electrons. The Morgan fingerprint density at radius 1 is 1.33 bits per heavy atom. The van der Waals surface area contributed by atoms with Gasteiger partial charge in [0, 0.05) is 11.6 Å². The Balaban J connectivity index is 2.97. The Morgan fingerprint density at radius 3 is 2.56 bits per heavy atom. The van der Waals surface area contributed by atoms with E-state index in [4.69, 9.17) is 0 Å². The summed E-state index contributed by atoms with van der Waals surface area (Å²) in [5.41, 5.74) is 0.247. The lowest BCUT2D eigenvalue weighted by atomic mass is 10.1. The van der Waals surface area contributed by atoms with Crippen molar-refractivity contribution in [2.24, 2.45) is 0 Å². The Labute approximate surface area is 107 Å². The summed E-state index contributed by atoms with van der Waals surface area (Å²) in [4.78, 5) is 1.90. The average Bonchev–Trinajstić information content (AvgIpc) is 2.36. The van der Waals surface area contributed by atoms with E-state index >= 15 is 0 Å². The number of halogens is 2. The van der Waals surface area contributed by atoms with E-state index < -0.39 is 17.7 Å². The van der Waals surface area contributed by atoms with Crippen molar-refractivity contribution in [3.8, 4) is 6.07 Å². The fraction of sp³-hybridized carbons (Fsp3) is 0.500. The van der Waals surface area contributed by atoms with Gasteiger partial charge in [-0.1, -0.05) is 26.3 Å². The van der Waals surface area contributed by atoms with E-state index in [0.29, 0.717) is 6.54 Å². The van der Waals surface area contributed by atoms with Crippen LogP contribution < -0.4 is 0 Å². The summed E-state index contributed by atoms with van der Waals surface area (Å²) in [6, 6.07) is 4.82. The van der Waals surface area contributed by atoms with E-state index in [1.807, 2.05) is 11.8 Å². The predicted molar refractivity (Wildman–Crippen MR) is 66.9 cm³/mol. The van der Waals surface area contributed by atoms with Gasteiger partial charge < -0.3 is 0 Å². The summed E-state index contributed by atoms with van der Waals surface area (Å²) >= 11 is 0. The molecule has 0 fully saturated rings. The van der Waals surface area contributed by atoms with Crippen LogP contribution in [0.3, 0.4) is 0 Å². The number of nitrogens with zero attached hydrogens (tertiary/aromatic N) is 2. The van der Waals surface area contributed by atoms with Gasteiger partial charge in [-0.2, -0.15) is 5.26 Å². The van der Waals surface area contributed by atoms with Crippen LogP contribution in [0, 0.1) is 23.0 Å². The highest BCUT2D eigenvalue weighted by Gasteiger charge is 2.21. The van der Waals surface area contributed by atoms with Crippen LogP contribution in [0.15, 0.2) is 18.2 Å². The van der Waals surface area contributed by atoms with Gasteiger partial charge in [0.25, 0.3) is 0 Å². The van der Waals surface area contributed by atoms with Gasteiger partial charge in [-0.25, -0.2) is 8.78 Å². The van der Waals surface area contributed by atoms with Crippen LogP contribution in [0.1, 0.15) is 38.3 Å². The molecule has 1 aromatic rings.